The predicted molar refractivity (Wildman–Crippen MR) is 124 cm³/mol. The Kier molecular flexibility index (Phi) is 6.63. The highest BCUT2D eigenvalue weighted by atomic mass is 16.5. The van der Waals surface area contributed by atoms with Gasteiger partial charge in [0, 0.05) is 43.5 Å². The first-order chi connectivity index (χ1) is 16.0. The highest BCUT2D eigenvalue weighted by molar-refractivity contribution is 5.96. The number of hydrogen-bond donors (Lipinski definition) is 2. The SMILES string of the molecule is COc1cc(OC)cc([C@@H](NC(=O)CC[C@@H]2Cc3ccccc3NC2=O)c2nccn2C)c1. The van der Waals surface area contributed by atoms with E-state index in [1.54, 1.807) is 26.5 Å². The Bertz CT molecular complexity index is 1130. The van der Waals surface area contributed by atoms with Crippen LogP contribution >= 0.6 is 0 Å². The Labute approximate surface area is 192 Å². The van der Waals surface area contributed by atoms with Crippen LogP contribution in [0.3, 0.4) is 0 Å². The van der Waals surface area contributed by atoms with Gasteiger partial charge in [-0.25, -0.2) is 4.98 Å². The zero-order valence-corrected chi connectivity index (χ0v) is 19.0. The van der Waals surface area contributed by atoms with E-state index in [1.165, 1.54) is 0 Å². The number of ether oxygens (including phenoxy) is 2. The first-order valence-corrected chi connectivity index (χ1v) is 10.9. The second-order valence-corrected chi connectivity index (χ2v) is 8.13. The van der Waals surface area contributed by atoms with Gasteiger partial charge >= 0.3 is 0 Å². The summed E-state index contributed by atoms with van der Waals surface area (Å²) in [5.41, 5.74) is 2.74. The molecule has 0 saturated carbocycles. The van der Waals surface area contributed by atoms with Gasteiger partial charge < -0.3 is 24.7 Å². The molecule has 0 saturated heterocycles. The molecule has 3 aromatic rings. The normalized spacial score (nSPS) is 15.8. The minimum Gasteiger partial charge on any atom is -0.497 e. The molecule has 1 aliphatic heterocycles. The number of aromatic nitrogens is 2. The average molecular weight is 449 g/mol. The number of carbonyl (C=O) groups is 2. The molecule has 4 rings (SSSR count). The molecule has 2 N–H and O–H groups in total. The van der Waals surface area contributed by atoms with Crippen molar-refractivity contribution in [2.45, 2.75) is 25.3 Å². The third-order valence-corrected chi connectivity index (χ3v) is 5.96. The first-order valence-electron chi connectivity index (χ1n) is 10.9. The zero-order chi connectivity index (χ0) is 23.4. The summed E-state index contributed by atoms with van der Waals surface area (Å²) < 4.78 is 12.7. The van der Waals surface area contributed by atoms with Gasteiger partial charge in [0.25, 0.3) is 0 Å². The Hall–Kier alpha value is -3.81. The number of nitrogens with one attached hydrogen (secondary N) is 2. The number of rotatable bonds is 8. The number of para-hydroxylation sites is 1. The van der Waals surface area contributed by atoms with Gasteiger partial charge in [0.2, 0.25) is 11.8 Å². The van der Waals surface area contributed by atoms with Crippen LogP contribution in [0.5, 0.6) is 11.5 Å². The number of anilines is 1. The molecular formula is C25H28N4O4. The van der Waals surface area contributed by atoms with Crippen molar-refractivity contribution in [1.82, 2.24) is 14.9 Å². The van der Waals surface area contributed by atoms with E-state index in [-0.39, 0.29) is 24.2 Å². The monoisotopic (exact) mass is 448 g/mol. The number of methoxy groups -OCH3 is 2. The van der Waals surface area contributed by atoms with Gasteiger partial charge in [-0.15, -0.1) is 0 Å². The van der Waals surface area contributed by atoms with Crippen molar-refractivity contribution in [3.05, 3.63) is 71.8 Å². The number of nitrogens with zero attached hydrogens (tertiary/aromatic N) is 2. The molecule has 1 aromatic heterocycles. The second-order valence-electron chi connectivity index (χ2n) is 8.13. The van der Waals surface area contributed by atoms with Crippen LogP contribution in [0.2, 0.25) is 0 Å². The topological polar surface area (TPSA) is 94.5 Å². The highest BCUT2D eigenvalue weighted by Crippen LogP contribution is 2.30. The first kappa shape index (κ1) is 22.4. The van der Waals surface area contributed by atoms with Crippen LogP contribution < -0.4 is 20.1 Å². The minimum atomic E-state index is -0.498. The molecule has 2 atom stereocenters. The summed E-state index contributed by atoms with van der Waals surface area (Å²) in [6.45, 7) is 0. The summed E-state index contributed by atoms with van der Waals surface area (Å²) in [5.74, 6) is 1.49. The Balaban J connectivity index is 1.50. The van der Waals surface area contributed by atoms with Crippen LogP contribution in [0, 0.1) is 5.92 Å². The van der Waals surface area contributed by atoms with Gasteiger partial charge in [-0.05, 0) is 42.2 Å². The van der Waals surface area contributed by atoms with Gasteiger partial charge in [0.05, 0.1) is 14.2 Å². The van der Waals surface area contributed by atoms with Crippen molar-refractivity contribution in [1.29, 1.82) is 0 Å². The number of aryl methyl sites for hydroxylation is 1. The number of benzene rings is 2. The van der Waals surface area contributed by atoms with E-state index in [0.29, 0.717) is 30.2 Å². The molecule has 0 radical (unpaired) electrons. The smallest absolute Gasteiger partial charge is 0.227 e. The molecule has 2 heterocycles. The lowest BCUT2D eigenvalue weighted by molar-refractivity contribution is -0.123. The van der Waals surface area contributed by atoms with Crippen LogP contribution in [0.15, 0.2) is 54.9 Å². The molecule has 1 aliphatic rings. The molecule has 33 heavy (non-hydrogen) atoms. The second kappa shape index (κ2) is 9.77. The number of carbonyl (C=O) groups excluding carboxylic acids is 2. The molecule has 0 fully saturated rings. The molecule has 172 valence electrons. The summed E-state index contributed by atoms with van der Waals surface area (Å²) in [6, 6.07) is 12.8. The van der Waals surface area contributed by atoms with E-state index in [1.807, 2.05) is 54.2 Å². The Morgan fingerprint density at radius 1 is 1.21 bits per heavy atom. The van der Waals surface area contributed by atoms with Crippen molar-refractivity contribution in [2.24, 2.45) is 13.0 Å². The van der Waals surface area contributed by atoms with E-state index < -0.39 is 6.04 Å². The van der Waals surface area contributed by atoms with Gasteiger partial charge in [-0.1, -0.05) is 18.2 Å². The summed E-state index contributed by atoms with van der Waals surface area (Å²) in [5, 5.41) is 6.03. The molecule has 0 aliphatic carbocycles. The van der Waals surface area contributed by atoms with Gasteiger partial charge in [-0.3, -0.25) is 9.59 Å². The zero-order valence-electron chi connectivity index (χ0n) is 19.0. The number of amides is 2. The lowest BCUT2D eigenvalue weighted by atomic mass is 9.89. The molecule has 2 aromatic carbocycles. The lowest BCUT2D eigenvalue weighted by Gasteiger charge is -2.25. The quantitative estimate of drug-likeness (QED) is 0.552. The highest BCUT2D eigenvalue weighted by Gasteiger charge is 2.27. The van der Waals surface area contributed by atoms with E-state index in [2.05, 4.69) is 15.6 Å². The van der Waals surface area contributed by atoms with Gasteiger partial charge in [0.15, 0.2) is 0 Å². The van der Waals surface area contributed by atoms with E-state index in [9.17, 15) is 9.59 Å². The van der Waals surface area contributed by atoms with Gasteiger partial charge in [-0.2, -0.15) is 0 Å². The van der Waals surface area contributed by atoms with Crippen molar-refractivity contribution >= 4 is 17.5 Å². The average Bonchev–Trinajstić information content (AvgIpc) is 3.26. The molecule has 8 heteroatoms. The summed E-state index contributed by atoms with van der Waals surface area (Å²) >= 11 is 0. The summed E-state index contributed by atoms with van der Waals surface area (Å²) in [6.07, 6.45) is 4.83. The van der Waals surface area contributed by atoms with Crippen LogP contribution in [-0.4, -0.2) is 35.6 Å². The number of fused-ring (bicyclic) bond motifs is 1. The van der Waals surface area contributed by atoms with E-state index >= 15 is 0 Å². The fraction of sp³-hybridized carbons (Fsp3) is 0.320. The van der Waals surface area contributed by atoms with E-state index in [0.717, 1.165) is 16.8 Å². The van der Waals surface area contributed by atoms with Crippen molar-refractivity contribution in [3.63, 3.8) is 0 Å². The molecule has 0 unspecified atom stereocenters. The third kappa shape index (κ3) is 5.00. The maximum absolute atomic E-state index is 13.0. The van der Waals surface area contributed by atoms with Gasteiger partial charge in [0.1, 0.15) is 23.4 Å². The van der Waals surface area contributed by atoms with Crippen molar-refractivity contribution < 1.29 is 19.1 Å². The third-order valence-electron chi connectivity index (χ3n) is 5.96. The minimum absolute atomic E-state index is 0.0420. The number of hydrogen-bond acceptors (Lipinski definition) is 5. The summed E-state index contributed by atoms with van der Waals surface area (Å²) in [4.78, 5) is 29.9. The lowest BCUT2D eigenvalue weighted by Crippen LogP contribution is -2.34. The maximum Gasteiger partial charge on any atom is 0.227 e. The van der Waals surface area contributed by atoms with Crippen molar-refractivity contribution in [3.8, 4) is 11.5 Å². The van der Waals surface area contributed by atoms with Crippen molar-refractivity contribution in [2.75, 3.05) is 19.5 Å². The molecule has 2 amide bonds. The largest absolute Gasteiger partial charge is 0.497 e. The predicted octanol–water partition coefficient (Wildman–Crippen LogP) is 3.23. The van der Waals surface area contributed by atoms with Crippen LogP contribution in [0.1, 0.15) is 35.8 Å². The molecule has 8 nitrogen and oxygen atoms in total. The fourth-order valence-electron chi connectivity index (χ4n) is 4.13. The van der Waals surface area contributed by atoms with E-state index in [4.69, 9.17) is 9.47 Å². The number of imidazole rings is 1. The summed E-state index contributed by atoms with van der Waals surface area (Å²) in [7, 11) is 5.04. The fourth-order valence-corrected chi connectivity index (χ4v) is 4.13. The molecular weight excluding hydrogens is 420 g/mol. The standard InChI is InChI=1S/C25H28N4O4/c1-29-11-10-26-24(29)23(18-13-19(32-2)15-20(14-18)33-3)28-22(30)9-8-17-12-16-6-4-5-7-21(16)27-25(17)31/h4-7,10-11,13-15,17,23H,8-9,12H2,1-3H3,(H,27,31)(H,28,30)/t17-,23-/m1/s1. The van der Waals surface area contributed by atoms with Crippen LogP contribution in [0.25, 0.3) is 0 Å². The Morgan fingerprint density at radius 3 is 2.61 bits per heavy atom. The van der Waals surface area contributed by atoms with Crippen LogP contribution in [0.4, 0.5) is 5.69 Å². The maximum atomic E-state index is 13.0. The molecule has 0 bridgehead atoms. The Morgan fingerprint density at radius 2 is 1.94 bits per heavy atom. The van der Waals surface area contributed by atoms with Crippen LogP contribution in [-0.2, 0) is 23.1 Å². The molecule has 0 spiro atoms.